The molecule has 1 aliphatic carbocycles. The normalized spacial score (nSPS) is 16.0. The number of fused-ring (bicyclic) bond motifs is 1. The summed E-state index contributed by atoms with van der Waals surface area (Å²) < 4.78 is 6.84. The number of methoxy groups -OCH3 is 1. The van der Waals surface area contributed by atoms with Gasteiger partial charge >= 0.3 is 0 Å². The number of carbonyl (C=O) groups is 3. The smallest absolute Gasteiger partial charge is 0.258 e. The van der Waals surface area contributed by atoms with Gasteiger partial charge in [-0.05, 0) is 37.0 Å². The van der Waals surface area contributed by atoms with E-state index in [2.05, 4.69) is 21.0 Å². The predicted molar refractivity (Wildman–Crippen MR) is 111 cm³/mol. The number of ether oxygens (including phenoxy) is 1. The van der Waals surface area contributed by atoms with Crippen molar-refractivity contribution in [3.05, 3.63) is 35.7 Å². The molecule has 0 radical (unpaired) electrons. The van der Waals surface area contributed by atoms with Crippen molar-refractivity contribution in [2.24, 2.45) is 0 Å². The second-order valence-electron chi connectivity index (χ2n) is 7.69. The fraction of sp³-hybridized carbons (Fsp3) is 0.429. The Morgan fingerprint density at radius 2 is 2.07 bits per heavy atom. The molecule has 0 atom stereocenters. The van der Waals surface area contributed by atoms with E-state index in [1.807, 2.05) is 6.07 Å². The molecule has 1 saturated carbocycles. The first-order valence-electron chi connectivity index (χ1n) is 10.2. The average molecular weight is 411 g/mol. The summed E-state index contributed by atoms with van der Waals surface area (Å²) >= 11 is 0. The molecule has 0 unspecified atom stereocenters. The Morgan fingerprint density at radius 1 is 1.27 bits per heavy atom. The van der Waals surface area contributed by atoms with Crippen molar-refractivity contribution in [3.63, 3.8) is 0 Å². The summed E-state index contributed by atoms with van der Waals surface area (Å²) in [5.74, 6) is -0.0226. The van der Waals surface area contributed by atoms with Gasteiger partial charge in [-0.1, -0.05) is 12.8 Å². The van der Waals surface area contributed by atoms with Gasteiger partial charge in [0.05, 0.1) is 24.6 Å². The summed E-state index contributed by atoms with van der Waals surface area (Å²) in [6, 6.07) is 3.76. The fourth-order valence-corrected chi connectivity index (χ4v) is 3.92. The molecule has 9 heteroatoms. The maximum absolute atomic E-state index is 12.7. The number of nitrogens with zero attached hydrogens (tertiary/aromatic N) is 2. The first-order chi connectivity index (χ1) is 14.5. The van der Waals surface area contributed by atoms with Crippen molar-refractivity contribution in [3.8, 4) is 5.75 Å². The summed E-state index contributed by atoms with van der Waals surface area (Å²) in [4.78, 5) is 36.5. The average Bonchev–Trinajstić information content (AvgIpc) is 3.39. The molecule has 3 amide bonds. The third-order valence-electron chi connectivity index (χ3n) is 5.49. The number of aromatic nitrogens is 2. The summed E-state index contributed by atoms with van der Waals surface area (Å²) in [6.45, 7) is 0.0674. The summed E-state index contributed by atoms with van der Waals surface area (Å²) in [5, 5.41) is 12.7. The summed E-state index contributed by atoms with van der Waals surface area (Å²) in [6.07, 6.45) is 8.33. The van der Waals surface area contributed by atoms with Gasteiger partial charge in [-0.3, -0.25) is 19.1 Å². The van der Waals surface area contributed by atoms with Crippen LogP contribution < -0.4 is 20.7 Å². The molecule has 1 fully saturated rings. The van der Waals surface area contributed by atoms with Crippen LogP contribution in [0.5, 0.6) is 5.75 Å². The van der Waals surface area contributed by atoms with E-state index in [4.69, 9.17) is 4.74 Å². The molecule has 3 N–H and O–H groups in total. The molecule has 1 aromatic carbocycles. The van der Waals surface area contributed by atoms with Crippen LogP contribution in [0.2, 0.25) is 0 Å². The van der Waals surface area contributed by atoms with Gasteiger partial charge in [0.15, 0.2) is 0 Å². The molecule has 0 saturated heterocycles. The minimum atomic E-state index is -0.377. The molecule has 1 aromatic heterocycles. The van der Waals surface area contributed by atoms with Crippen molar-refractivity contribution >= 4 is 29.1 Å². The zero-order valence-electron chi connectivity index (χ0n) is 16.9. The Labute approximate surface area is 174 Å². The van der Waals surface area contributed by atoms with E-state index < -0.39 is 0 Å². The van der Waals surface area contributed by atoms with Crippen LogP contribution in [0.15, 0.2) is 24.5 Å². The standard InChI is InChI=1S/C21H25N5O4/c1-30-18-8-13-6-7-19(27)24-16(13)9-17(18)25-21(29)14-10-22-26(11-14)12-20(28)23-15-4-2-3-5-15/h8-11,15H,2-7,12H2,1H3,(H,23,28)(H,24,27)(H,25,29). The third kappa shape index (κ3) is 4.45. The van der Waals surface area contributed by atoms with E-state index in [0.29, 0.717) is 35.5 Å². The topological polar surface area (TPSA) is 114 Å². The highest BCUT2D eigenvalue weighted by molar-refractivity contribution is 6.05. The lowest BCUT2D eigenvalue weighted by atomic mass is 10.0. The lowest BCUT2D eigenvalue weighted by molar-refractivity contribution is -0.122. The second-order valence-corrected chi connectivity index (χ2v) is 7.69. The Hall–Kier alpha value is -3.36. The Kier molecular flexibility index (Phi) is 5.69. The number of rotatable bonds is 6. The van der Waals surface area contributed by atoms with Crippen LogP contribution in [0.1, 0.15) is 48.0 Å². The quantitative estimate of drug-likeness (QED) is 0.673. The van der Waals surface area contributed by atoms with Crippen molar-refractivity contribution in [1.82, 2.24) is 15.1 Å². The maximum atomic E-state index is 12.7. The zero-order valence-corrected chi connectivity index (χ0v) is 16.9. The number of anilines is 2. The molecular weight excluding hydrogens is 386 g/mol. The highest BCUT2D eigenvalue weighted by Crippen LogP contribution is 2.34. The number of aryl methyl sites for hydroxylation is 1. The lowest BCUT2D eigenvalue weighted by Gasteiger charge is -2.20. The molecular formula is C21H25N5O4. The van der Waals surface area contributed by atoms with E-state index in [0.717, 1.165) is 31.2 Å². The van der Waals surface area contributed by atoms with Crippen molar-refractivity contribution < 1.29 is 19.1 Å². The largest absolute Gasteiger partial charge is 0.495 e. The molecule has 0 bridgehead atoms. The molecule has 30 heavy (non-hydrogen) atoms. The molecule has 2 heterocycles. The van der Waals surface area contributed by atoms with Crippen LogP contribution in [-0.2, 0) is 22.6 Å². The van der Waals surface area contributed by atoms with Gasteiger partial charge in [-0.15, -0.1) is 0 Å². The molecule has 4 rings (SSSR count). The van der Waals surface area contributed by atoms with Crippen molar-refractivity contribution in [2.45, 2.75) is 51.1 Å². The van der Waals surface area contributed by atoms with Crippen LogP contribution in [0.4, 0.5) is 11.4 Å². The monoisotopic (exact) mass is 411 g/mol. The van der Waals surface area contributed by atoms with E-state index in [1.165, 1.54) is 24.2 Å². The van der Waals surface area contributed by atoms with Crippen LogP contribution in [0.25, 0.3) is 0 Å². The van der Waals surface area contributed by atoms with Crippen LogP contribution >= 0.6 is 0 Å². The van der Waals surface area contributed by atoms with Gasteiger partial charge in [0.2, 0.25) is 11.8 Å². The summed E-state index contributed by atoms with van der Waals surface area (Å²) in [7, 11) is 1.53. The molecule has 0 spiro atoms. The van der Waals surface area contributed by atoms with Gasteiger partial charge in [0, 0.05) is 24.3 Å². The number of nitrogens with one attached hydrogen (secondary N) is 3. The number of amides is 3. The minimum Gasteiger partial charge on any atom is -0.495 e. The Bertz CT molecular complexity index is 978. The second kappa shape index (κ2) is 8.56. The van der Waals surface area contributed by atoms with Crippen LogP contribution in [-0.4, -0.2) is 40.7 Å². The minimum absolute atomic E-state index is 0.0536. The van der Waals surface area contributed by atoms with Crippen molar-refractivity contribution in [2.75, 3.05) is 17.7 Å². The first kappa shape index (κ1) is 19.9. The molecule has 1 aliphatic heterocycles. The first-order valence-corrected chi connectivity index (χ1v) is 10.2. The van der Waals surface area contributed by atoms with Crippen LogP contribution in [0, 0.1) is 0 Å². The molecule has 2 aliphatic rings. The molecule has 9 nitrogen and oxygen atoms in total. The van der Waals surface area contributed by atoms with Gasteiger partial charge < -0.3 is 20.7 Å². The number of carbonyl (C=O) groups excluding carboxylic acids is 3. The third-order valence-corrected chi connectivity index (χ3v) is 5.49. The SMILES string of the molecule is COc1cc2c(cc1NC(=O)c1cnn(CC(=O)NC3CCCC3)c1)NC(=O)CC2. The van der Waals surface area contributed by atoms with E-state index >= 15 is 0 Å². The van der Waals surface area contributed by atoms with E-state index in [9.17, 15) is 14.4 Å². The number of benzene rings is 1. The van der Waals surface area contributed by atoms with Crippen molar-refractivity contribution in [1.29, 1.82) is 0 Å². The molecule has 2 aromatic rings. The maximum Gasteiger partial charge on any atom is 0.258 e. The highest BCUT2D eigenvalue weighted by Gasteiger charge is 2.20. The van der Waals surface area contributed by atoms with Gasteiger partial charge in [0.1, 0.15) is 12.3 Å². The zero-order chi connectivity index (χ0) is 21.1. The lowest BCUT2D eigenvalue weighted by Crippen LogP contribution is -2.35. The number of hydrogen-bond donors (Lipinski definition) is 3. The highest BCUT2D eigenvalue weighted by atomic mass is 16.5. The van der Waals surface area contributed by atoms with E-state index in [-0.39, 0.29) is 30.3 Å². The Balaban J connectivity index is 1.42. The van der Waals surface area contributed by atoms with Gasteiger partial charge in [-0.25, -0.2) is 0 Å². The predicted octanol–water partition coefficient (Wildman–Crippen LogP) is 2.09. The van der Waals surface area contributed by atoms with Crippen LogP contribution in [0.3, 0.4) is 0 Å². The number of hydrogen-bond acceptors (Lipinski definition) is 5. The van der Waals surface area contributed by atoms with Gasteiger partial charge in [0.25, 0.3) is 5.91 Å². The Morgan fingerprint density at radius 3 is 2.83 bits per heavy atom. The van der Waals surface area contributed by atoms with Gasteiger partial charge in [-0.2, -0.15) is 5.10 Å². The van der Waals surface area contributed by atoms with E-state index in [1.54, 1.807) is 6.07 Å². The summed E-state index contributed by atoms with van der Waals surface area (Å²) in [5.41, 5.74) is 2.41. The fourth-order valence-electron chi connectivity index (χ4n) is 3.92. The molecule has 158 valence electrons.